The van der Waals surface area contributed by atoms with Crippen LogP contribution in [0, 0.1) is 0 Å². The van der Waals surface area contributed by atoms with Crippen LogP contribution in [-0.4, -0.2) is 14.5 Å². The van der Waals surface area contributed by atoms with Crippen molar-refractivity contribution in [2.45, 2.75) is 26.2 Å². The summed E-state index contributed by atoms with van der Waals surface area (Å²) in [5.74, 6) is 0. The second-order valence-corrected chi connectivity index (χ2v) is 8.41. The topological polar surface area (TPSA) is 0 Å². The van der Waals surface area contributed by atoms with Gasteiger partial charge in [0.05, 0.1) is 0 Å². The summed E-state index contributed by atoms with van der Waals surface area (Å²) in [5, 5.41) is 1.41. The average Bonchev–Trinajstić information content (AvgIpc) is 2.46. The van der Waals surface area contributed by atoms with Gasteiger partial charge in [-0.1, -0.05) is 0 Å². The fourth-order valence-electron chi connectivity index (χ4n) is 2.36. The zero-order valence-electron chi connectivity index (χ0n) is 12.2. The average molecular weight is 326 g/mol. The van der Waals surface area contributed by atoms with E-state index in [1.54, 1.807) is 4.44 Å². The number of fused-ring (bicyclic) bond motifs is 1. The van der Waals surface area contributed by atoms with Gasteiger partial charge in [0.15, 0.2) is 0 Å². The quantitative estimate of drug-likeness (QED) is 0.543. The molecular weight excluding hydrogens is 307 g/mol. The summed E-state index contributed by atoms with van der Waals surface area (Å²) in [6, 6.07) is 22.0. The van der Waals surface area contributed by atoms with Crippen LogP contribution in [0.25, 0.3) is 20.8 Å². The molecule has 1 heteroatoms. The molecule has 0 nitrogen and oxygen atoms in total. The Morgan fingerprint density at radius 3 is 2.15 bits per heavy atom. The Hall–Kier alpha value is -1.43. The van der Waals surface area contributed by atoms with Gasteiger partial charge in [-0.2, -0.15) is 0 Å². The first-order valence-corrected chi connectivity index (χ1v) is 8.69. The van der Waals surface area contributed by atoms with Crippen LogP contribution in [-0.2, 0) is 5.41 Å². The van der Waals surface area contributed by atoms with Gasteiger partial charge < -0.3 is 0 Å². The summed E-state index contributed by atoms with van der Waals surface area (Å²) in [4.78, 5) is 0. The van der Waals surface area contributed by atoms with Crippen molar-refractivity contribution in [1.29, 1.82) is 0 Å². The SMILES string of the molecule is CC(C)(C)c1cc(-c2ccccc2)c2ccccc2[se+]1. The Balaban J connectivity index is 2.34. The van der Waals surface area contributed by atoms with E-state index in [1.165, 1.54) is 20.8 Å². The second kappa shape index (κ2) is 5.16. The maximum atomic E-state index is 2.43. The summed E-state index contributed by atoms with van der Waals surface area (Å²) in [6.45, 7) is 6.95. The van der Waals surface area contributed by atoms with Crippen molar-refractivity contribution in [3.63, 3.8) is 0 Å². The molecule has 0 amide bonds. The fraction of sp³-hybridized carbons (Fsp3) is 0.211. The predicted octanol–water partition coefficient (Wildman–Crippen LogP) is 5.14. The van der Waals surface area contributed by atoms with E-state index in [9.17, 15) is 0 Å². The molecule has 0 fully saturated rings. The molecule has 1 aromatic heterocycles. The molecule has 0 saturated carbocycles. The van der Waals surface area contributed by atoms with Gasteiger partial charge in [0.25, 0.3) is 0 Å². The van der Waals surface area contributed by atoms with Crippen molar-refractivity contribution in [3.05, 3.63) is 65.1 Å². The molecule has 0 aliphatic heterocycles. The van der Waals surface area contributed by atoms with Crippen molar-refractivity contribution in [3.8, 4) is 11.1 Å². The predicted molar refractivity (Wildman–Crippen MR) is 89.4 cm³/mol. The molecule has 0 aliphatic carbocycles. The zero-order chi connectivity index (χ0) is 14.2. The Morgan fingerprint density at radius 2 is 1.45 bits per heavy atom. The van der Waals surface area contributed by atoms with Gasteiger partial charge in [0.1, 0.15) is 0 Å². The van der Waals surface area contributed by atoms with Gasteiger partial charge in [-0.3, -0.25) is 0 Å². The summed E-state index contributed by atoms with van der Waals surface area (Å²) >= 11 is 0.438. The first-order valence-electron chi connectivity index (χ1n) is 6.97. The first kappa shape index (κ1) is 13.5. The van der Waals surface area contributed by atoms with Crippen LogP contribution in [0.3, 0.4) is 0 Å². The van der Waals surface area contributed by atoms with E-state index >= 15 is 0 Å². The van der Waals surface area contributed by atoms with Crippen molar-refractivity contribution in [2.24, 2.45) is 0 Å². The van der Waals surface area contributed by atoms with E-state index in [2.05, 4.69) is 81.4 Å². The molecule has 1 heterocycles. The van der Waals surface area contributed by atoms with E-state index in [0.29, 0.717) is 14.5 Å². The van der Waals surface area contributed by atoms with Crippen molar-refractivity contribution in [1.82, 2.24) is 0 Å². The van der Waals surface area contributed by atoms with E-state index in [4.69, 9.17) is 0 Å². The molecule has 0 saturated heterocycles. The molecule has 0 aliphatic rings. The molecule has 3 aromatic rings. The zero-order valence-corrected chi connectivity index (χ0v) is 13.9. The second-order valence-electron chi connectivity index (χ2n) is 6.14. The number of hydrogen-bond acceptors (Lipinski definition) is 0. The fourth-order valence-corrected chi connectivity index (χ4v) is 4.78. The van der Waals surface area contributed by atoms with E-state index in [-0.39, 0.29) is 5.41 Å². The summed E-state index contributed by atoms with van der Waals surface area (Å²) in [7, 11) is 0. The molecule has 20 heavy (non-hydrogen) atoms. The molecule has 0 radical (unpaired) electrons. The molecular formula is C19H19Se+. The van der Waals surface area contributed by atoms with Gasteiger partial charge in [0, 0.05) is 0 Å². The van der Waals surface area contributed by atoms with Crippen LogP contribution in [0.1, 0.15) is 25.2 Å². The van der Waals surface area contributed by atoms with Gasteiger partial charge in [-0.05, 0) is 0 Å². The minimum absolute atomic E-state index is 0.244. The van der Waals surface area contributed by atoms with Crippen molar-refractivity contribution < 1.29 is 0 Å². The van der Waals surface area contributed by atoms with E-state index in [0.717, 1.165) is 0 Å². The maximum absolute atomic E-state index is 2.43. The summed E-state index contributed by atoms with van der Waals surface area (Å²) in [6.07, 6.45) is 0. The van der Waals surface area contributed by atoms with E-state index < -0.39 is 0 Å². The third-order valence-corrected chi connectivity index (χ3v) is 6.70. The summed E-state index contributed by atoms with van der Waals surface area (Å²) < 4.78 is 3.08. The van der Waals surface area contributed by atoms with Gasteiger partial charge in [-0.15, -0.1) is 0 Å². The molecule has 3 rings (SSSR count). The van der Waals surface area contributed by atoms with E-state index in [1.807, 2.05) is 0 Å². The number of hydrogen-bond donors (Lipinski definition) is 0. The van der Waals surface area contributed by atoms with Crippen LogP contribution in [0.15, 0.2) is 60.7 Å². The normalized spacial score (nSPS) is 11.8. The number of rotatable bonds is 1. The Labute approximate surface area is 126 Å². The van der Waals surface area contributed by atoms with Gasteiger partial charge in [0.2, 0.25) is 0 Å². The van der Waals surface area contributed by atoms with Gasteiger partial charge >= 0.3 is 127 Å². The molecule has 0 atom stereocenters. The molecule has 0 unspecified atom stereocenters. The third-order valence-electron chi connectivity index (χ3n) is 3.50. The molecule has 2 aromatic carbocycles. The molecule has 100 valence electrons. The Morgan fingerprint density at radius 1 is 0.800 bits per heavy atom. The summed E-state index contributed by atoms with van der Waals surface area (Å²) in [5.41, 5.74) is 2.93. The molecule has 0 bridgehead atoms. The molecule has 0 spiro atoms. The Bertz CT molecular complexity index is 737. The van der Waals surface area contributed by atoms with Crippen LogP contribution >= 0.6 is 0 Å². The molecule has 0 N–H and O–H groups in total. The van der Waals surface area contributed by atoms with Crippen LogP contribution in [0.2, 0.25) is 0 Å². The minimum atomic E-state index is 0.244. The van der Waals surface area contributed by atoms with Crippen molar-refractivity contribution >= 4 is 24.1 Å². The van der Waals surface area contributed by atoms with Crippen molar-refractivity contribution in [2.75, 3.05) is 0 Å². The third kappa shape index (κ3) is 2.57. The first-order chi connectivity index (χ1) is 9.55. The van der Waals surface area contributed by atoms with Crippen LogP contribution in [0.4, 0.5) is 0 Å². The number of benzene rings is 2. The Kier molecular flexibility index (Phi) is 3.50. The van der Waals surface area contributed by atoms with Crippen LogP contribution in [0.5, 0.6) is 0 Å². The van der Waals surface area contributed by atoms with Gasteiger partial charge in [-0.25, -0.2) is 0 Å². The monoisotopic (exact) mass is 327 g/mol. The standard InChI is InChI=1S/C19H19Se/c1-19(2,3)18-13-16(14-9-5-4-6-10-14)15-11-7-8-12-17(15)20-18/h4-13H,1-3H3/q+1. The van der Waals surface area contributed by atoms with Crippen LogP contribution < -0.4 is 0 Å².